The minimum absolute atomic E-state index is 0.0140. The lowest BCUT2D eigenvalue weighted by molar-refractivity contribution is -0.136. The highest BCUT2D eigenvalue weighted by molar-refractivity contribution is 5.82. The number of nitrogens with one attached hydrogen (secondary N) is 1. The Kier molecular flexibility index (Phi) is 4.91. The topological polar surface area (TPSA) is 45.2 Å². The van der Waals surface area contributed by atoms with Crippen LogP contribution in [-0.4, -0.2) is 34.4 Å². The Hall–Kier alpha value is -1.42. The van der Waals surface area contributed by atoms with Crippen molar-refractivity contribution in [3.05, 3.63) is 30.1 Å². The maximum Gasteiger partial charge on any atom is 0.240 e. The third-order valence-electron chi connectivity index (χ3n) is 3.57. The van der Waals surface area contributed by atoms with Gasteiger partial charge in [0.2, 0.25) is 5.91 Å². The highest BCUT2D eigenvalue weighted by atomic mass is 16.2. The van der Waals surface area contributed by atoms with E-state index in [2.05, 4.69) is 24.1 Å². The molecule has 2 rings (SSSR count). The largest absolute Gasteiger partial charge is 0.333 e. The van der Waals surface area contributed by atoms with E-state index >= 15 is 0 Å². The van der Waals surface area contributed by atoms with E-state index < -0.39 is 0 Å². The van der Waals surface area contributed by atoms with Gasteiger partial charge < -0.3 is 10.2 Å². The van der Waals surface area contributed by atoms with Crippen molar-refractivity contribution in [2.75, 3.05) is 6.54 Å². The van der Waals surface area contributed by atoms with Gasteiger partial charge in [-0.2, -0.15) is 0 Å². The number of carbonyl (C=O) groups is 1. The minimum atomic E-state index is -0.0140. The second kappa shape index (κ2) is 6.66. The van der Waals surface area contributed by atoms with Gasteiger partial charge in [0, 0.05) is 12.2 Å². The number of hydrogen-bond donors (Lipinski definition) is 1. The van der Waals surface area contributed by atoms with Crippen molar-refractivity contribution in [3.8, 4) is 0 Å². The van der Waals surface area contributed by atoms with Crippen LogP contribution in [0.25, 0.3) is 0 Å². The second-order valence-electron chi connectivity index (χ2n) is 5.38. The molecule has 4 nitrogen and oxygen atoms in total. The Morgan fingerprint density at radius 2 is 2.32 bits per heavy atom. The zero-order valence-electron chi connectivity index (χ0n) is 11.8. The normalized spacial score (nSPS) is 19.4. The van der Waals surface area contributed by atoms with Crippen LogP contribution in [0.3, 0.4) is 0 Å². The Bertz CT molecular complexity index is 399. The molecule has 0 aromatic carbocycles. The molecule has 0 radical (unpaired) electrons. The average molecular weight is 261 g/mol. The maximum atomic E-state index is 12.6. The first kappa shape index (κ1) is 14.0. The molecule has 1 aliphatic rings. The van der Waals surface area contributed by atoms with Gasteiger partial charge in [-0.1, -0.05) is 12.5 Å². The van der Waals surface area contributed by atoms with Crippen LogP contribution in [-0.2, 0) is 11.3 Å². The Morgan fingerprint density at radius 1 is 1.47 bits per heavy atom. The predicted molar refractivity (Wildman–Crippen MR) is 75.6 cm³/mol. The summed E-state index contributed by atoms with van der Waals surface area (Å²) in [7, 11) is 0. The van der Waals surface area contributed by atoms with Crippen LogP contribution in [0.2, 0.25) is 0 Å². The molecule has 1 aromatic heterocycles. The summed E-state index contributed by atoms with van der Waals surface area (Å²) in [6.07, 6.45) is 5.03. The Morgan fingerprint density at radius 3 is 2.89 bits per heavy atom. The lowest BCUT2D eigenvalue weighted by atomic mass is 10.0. The highest BCUT2D eigenvalue weighted by Crippen LogP contribution is 2.14. The molecule has 1 saturated heterocycles. The van der Waals surface area contributed by atoms with Gasteiger partial charge >= 0.3 is 0 Å². The summed E-state index contributed by atoms with van der Waals surface area (Å²) in [5.41, 5.74) is 0.945. The molecule has 0 spiro atoms. The molecule has 19 heavy (non-hydrogen) atoms. The molecule has 1 fully saturated rings. The van der Waals surface area contributed by atoms with Gasteiger partial charge in [0.15, 0.2) is 0 Å². The minimum Gasteiger partial charge on any atom is -0.333 e. The van der Waals surface area contributed by atoms with E-state index in [-0.39, 0.29) is 18.0 Å². The molecule has 104 valence electrons. The monoisotopic (exact) mass is 261 g/mol. The molecular weight excluding hydrogens is 238 g/mol. The van der Waals surface area contributed by atoms with Gasteiger partial charge in [0.25, 0.3) is 0 Å². The third kappa shape index (κ3) is 3.77. The molecule has 1 aromatic rings. The summed E-state index contributed by atoms with van der Waals surface area (Å²) < 4.78 is 0. The number of piperidine rings is 1. The van der Waals surface area contributed by atoms with Crippen LogP contribution in [0.5, 0.6) is 0 Å². The first-order valence-corrected chi connectivity index (χ1v) is 7.12. The molecule has 0 saturated carbocycles. The molecule has 1 aliphatic heterocycles. The van der Waals surface area contributed by atoms with Crippen molar-refractivity contribution >= 4 is 5.91 Å². The fraction of sp³-hybridized carbons (Fsp3) is 0.600. The summed E-state index contributed by atoms with van der Waals surface area (Å²) in [6.45, 7) is 5.66. The highest BCUT2D eigenvalue weighted by Gasteiger charge is 2.27. The number of amides is 1. The zero-order valence-corrected chi connectivity index (χ0v) is 11.8. The van der Waals surface area contributed by atoms with Crippen LogP contribution >= 0.6 is 0 Å². The third-order valence-corrected chi connectivity index (χ3v) is 3.57. The van der Waals surface area contributed by atoms with Crippen LogP contribution in [0.1, 0.15) is 38.8 Å². The maximum absolute atomic E-state index is 12.6. The van der Waals surface area contributed by atoms with Gasteiger partial charge in [-0.25, -0.2) is 0 Å². The molecule has 0 bridgehead atoms. The summed E-state index contributed by atoms with van der Waals surface area (Å²) in [5, 5.41) is 3.33. The van der Waals surface area contributed by atoms with Crippen LogP contribution in [0, 0.1) is 0 Å². The molecule has 0 aliphatic carbocycles. The fourth-order valence-electron chi connectivity index (χ4n) is 2.44. The molecule has 2 heterocycles. The van der Waals surface area contributed by atoms with E-state index in [0.29, 0.717) is 6.54 Å². The molecule has 1 unspecified atom stereocenters. The predicted octanol–water partition coefficient (Wildman–Crippen LogP) is 1.96. The first-order valence-electron chi connectivity index (χ1n) is 7.12. The zero-order chi connectivity index (χ0) is 13.7. The lowest BCUT2D eigenvalue weighted by Crippen LogP contribution is -2.50. The second-order valence-corrected chi connectivity index (χ2v) is 5.38. The van der Waals surface area contributed by atoms with E-state index in [1.54, 1.807) is 6.20 Å². The number of carbonyl (C=O) groups excluding carboxylic acids is 1. The van der Waals surface area contributed by atoms with Crippen molar-refractivity contribution < 1.29 is 4.79 Å². The van der Waals surface area contributed by atoms with E-state index in [1.807, 2.05) is 23.1 Å². The standard InChI is InChI=1S/C15H23N3O/c1-12(2)18(11-13-7-3-5-9-16-13)15(19)14-8-4-6-10-17-14/h3,5,7,9,12,14,17H,4,6,8,10-11H2,1-2H3. The Balaban J connectivity index is 2.04. The molecule has 1 amide bonds. The summed E-state index contributed by atoms with van der Waals surface area (Å²) in [6, 6.07) is 6.01. The van der Waals surface area contributed by atoms with Gasteiger partial charge in [0.1, 0.15) is 0 Å². The van der Waals surface area contributed by atoms with Crippen LogP contribution in [0.15, 0.2) is 24.4 Å². The van der Waals surface area contributed by atoms with Crippen molar-refractivity contribution in [3.63, 3.8) is 0 Å². The van der Waals surface area contributed by atoms with Gasteiger partial charge in [-0.15, -0.1) is 0 Å². The average Bonchev–Trinajstić information content (AvgIpc) is 2.46. The van der Waals surface area contributed by atoms with Crippen LogP contribution < -0.4 is 5.32 Å². The number of aromatic nitrogens is 1. The quantitative estimate of drug-likeness (QED) is 0.901. The number of nitrogens with zero attached hydrogens (tertiary/aromatic N) is 2. The number of rotatable bonds is 4. The summed E-state index contributed by atoms with van der Waals surface area (Å²) in [5.74, 6) is 0.209. The molecule has 1 N–H and O–H groups in total. The molecule has 1 atom stereocenters. The van der Waals surface area contributed by atoms with Crippen molar-refractivity contribution in [1.29, 1.82) is 0 Å². The smallest absolute Gasteiger partial charge is 0.240 e. The van der Waals surface area contributed by atoms with Gasteiger partial charge in [-0.3, -0.25) is 9.78 Å². The van der Waals surface area contributed by atoms with Crippen molar-refractivity contribution in [1.82, 2.24) is 15.2 Å². The SMILES string of the molecule is CC(C)N(Cc1ccccn1)C(=O)C1CCCCN1. The van der Waals surface area contributed by atoms with Gasteiger partial charge in [0.05, 0.1) is 18.3 Å². The van der Waals surface area contributed by atoms with E-state index in [0.717, 1.165) is 25.1 Å². The van der Waals surface area contributed by atoms with E-state index in [9.17, 15) is 4.79 Å². The number of pyridine rings is 1. The first-order chi connectivity index (χ1) is 9.18. The van der Waals surface area contributed by atoms with Crippen molar-refractivity contribution in [2.45, 2.75) is 51.7 Å². The van der Waals surface area contributed by atoms with Gasteiger partial charge in [-0.05, 0) is 45.4 Å². The molecule has 4 heteroatoms. The summed E-state index contributed by atoms with van der Waals surface area (Å²) >= 11 is 0. The summed E-state index contributed by atoms with van der Waals surface area (Å²) in [4.78, 5) is 18.8. The molecular formula is C15H23N3O. The van der Waals surface area contributed by atoms with E-state index in [1.165, 1.54) is 6.42 Å². The fourth-order valence-corrected chi connectivity index (χ4v) is 2.44. The van der Waals surface area contributed by atoms with E-state index in [4.69, 9.17) is 0 Å². The Labute approximate surface area is 115 Å². The lowest BCUT2D eigenvalue weighted by Gasteiger charge is -2.32. The van der Waals surface area contributed by atoms with Crippen molar-refractivity contribution in [2.24, 2.45) is 0 Å². The van der Waals surface area contributed by atoms with Crippen LogP contribution in [0.4, 0.5) is 0 Å². The number of hydrogen-bond acceptors (Lipinski definition) is 3.